The lowest BCUT2D eigenvalue weighted by Crippen LogP contribution is -2.34. The summed E-state index contributed by atoms with van der Waals surface area (Å²) in [6.45, 7) is 6.23. The number of amides is 2. The molecule has 0 bridgehead atoms. The highest BCUT2D eigenvalue weighted by Gasteiger charge is 2.38. The second kappa shape index (κ2) is 10.7. The Balaban J connectivity index is 1.84. The fourth-order valence-corrected chi connectivity index (χ4v) is 5.45. The van der Waals surface area contributed by atoms with Crippen molar-refractivity contribution in [1.29, 1.82) is 0 Å². The van der Waals surface area contributed by atoms with Gasteiger partial charge in [-0.2, -0.15) is 0 Å². The number of nitrogens with zero attached hydrogens (tertiary/aromatic N) is 3. The zero-order valence-electron chi connectivity index (χ0n) is 20.0. The number of aryl methyl sites for hydroxylation is 2. The van der Waals surface area contributed by atoms with E-state index in [2.05, 4.69) is 10.3 Å². The van der Waals surface area contributed by atoms with Gasteiger partial charge >= 0.3 is 0 Å². The molecule has 8 nitrogen and oxygen atoms in total. The third-order valence-electron chi connectivity index (χ3n) is 5.35. The highest BCUT2D eigenvalue weighted by molar-refractivity contribution is 8.15. The van der Waals surface area contributed by atoms with E-state index in [-0.39, 0.29) is 23.1 Å². The summed E-state index contributed by atoms with van der Waals surface area (Å²) in [5.74, 6) is -0.415. The van der Waals surface area contributed by atoms with Gasteiger partial charge in [-0.15, -0.1) is 0 Å². The lowest BCUT2D eigenvalue weighted by atomic mass is 10.2. The first-order valence-electron chi connectivity index (χ1n) is 11.0. The Morgan fingerprint density at radius 3 is 2.44 bits per heavy atom. The number of thioether (sulfide) groups is 1. The minimum absolute atomic E-state index is 0.0185. The number of anilines is 1. The molecule has 1 N–H and O–H groups in total. The van der Waals surface area contributed by atoms with Crippen LogP contribution in [0.5, 0.6) is 0 Å². The van der Waals surface area contributed by atoms with Crippen LogP contribution in [0, 0.1) is 13.8 Å². The maximum absolute atomic E-state index is 13.1. The van der Waals surface area contributed by atoms with Gasteiger partial charge in [0.15, 0.2) is 5.17 Å². The average Bonchev–Trinajstić information content (AvgIpc) is 3.05. The normalized spacial score (nSPS) is 17.6. The number of carbonyl (C=O) groups excluding carboxylic acids is 2. The van der Waals surface area contributed by atoms with Gasteiger partial charge in [0, 0.05) is 32.7 Å². The van der Waals surface area contributed by atoms with Crippen LogP contribution in [0.1, 0.15) is 30.9 Å². The molecule has 0 saturated carbocycles. The van der Waals surface area contributed by atoms with E-state index in [9.17, 15) is 18.0 Å². The molecule has 1 saturated heterocycles. The Labute approximate surface area is 205 Å². The third kappa shape index (κ3) is 5.86. The molecule has 1 aliphatic heterocycles. The summed E-state index contributed by atoms with van der Waals surface area (Å²) in [6.07, 6.45) is 0.742. The van der Waals surface area contributed by atoms with Crippen molar-refractivity contribution in [2.45, 2.75) is 43.8 Å². The number of benzene rings is 2. The van der Waals surface area contributed by atoms with Crippen LogP contribution in [-0.4, -0.2) is 60.5 Å². The maximum atomic E-state index is 13.1. The topological polar surface area (TPSA) is 99.1 Å². The summed E-state index contributed by atoms with van der Waals surface area (Å²) in [5, 5.41) is 2.72. The van der Waals surface area contributed by atoms with E-state index in [0.717, 1.165) is 21.9 Å². The average molecular weight is 503 g/mol. The SMILES string of the molecule is CCCN1C(=O)C(CC(=O)Nc2ccc(C)cc2)SC1=Nc1cc(S(=O)(=O)N(C)C)ccc1C. The second-order valence-electron chi connectivity index (χ2n) is 8.34. The first-order valence-corrected chi connectivity index (χ1v) is 13.3. The Kier molecular flexibility index (Phi) is 8.17. The number of amidine groups is 1. The van der Waals surface area contributed by atoms with Crippen molar-refractivity contribution in [2.24, 2.45) is 4.99 Å². The van der Waals surface area contributed by atoms with Gasteiger partial charge in [-0.3, -0.25) is 14.5 Å². The van der Waals surface area contributed by atoms with Gasteiger partial charge in [-0.05, 0) is 50.1 Å². The van der Waals surface area contributed by atoms with E-state index in [1.54, 1.807) is 17.0 Å². The molecule has 2 aromatic carbocycles. The summed E-state index contributed by atoms with van der Waals surface area (Å²) < 4.78 is 26.3. The zero-order valence-corrected chi connectivity index (χ0v) is 21.7. The van der Waals surface area contributed by atoms with Crippen molar-refractivity contribution in [1.82, 2.24) is 9.21 Å². The number of sulfonamides is 1. The molecular formula is C24H30N4O4S2. The molecule has 3 rings (SSSR count). The maximum Gasteiger partial charge on any atom is 0.242 e. The van der Waals surface area contributed by atoms with E-state index >= 15 is 0 Å². The summed E-state index contributed by atoms with van der Waals surface area (Å²) in [6, 6.07) is 12.2. The molecule has 1 unspecified atom stereocenters. The van der Waals surface area contributed by atoms with Gasteiger partial charge in [-0.1, -0.05) is 42.4 Å². The fourth-order valence-electron chi connectivity index (χ4n) is 3.36. The van der Waals surface area contributed by atoms with E-state index < -0.39 is 15.3 Å². The van der Waals surface area contributed by atoms with Crippen molar-refractivity contribution in [3.05, 3.63) is 53.6 Å². The van der Waals surface area contributed by atoms with E-state index in [4.69, 9.17) is 0 Å². The second-order valence-corrected chi connectivity index (χ2v) is 11.7. The number of rotatable bonds is 8. The molecule has 1 aliphatic rings. The molecule has 10 heteroatoms. The molecule has 182 valence electrons. The van der Waals surface area contributed by atoms with Crippen LogP contribution in [0.2, 0.25) is 0 Å². The lowest BCUT2D eigenvalue weighted by molar-refractivity contribution is -0.128. The number of carbonyl (C=O) groups is 2. The van der Waals surface area contributed by atoms with Crippen molar-refractivity contribution in [3.63, 3.8) is 0 Å². The Morgan fingerprint density at radius 2 is 1.82 bits per heavy atom. The van der Waals surface area contributed by atoms with Crippen LogP contribution in [0.25, 0.3) is 0 Å². The van der Waals surface area contributed by atoms with Gasteiger partial charge in [0.1, 0.15) is 5.25 Å². The summed E-state index contributed by atoms with van der Waals surface area (Å²) >= 11 is 1.24. The van der Waals surface area contributed by atoms with Crippen LogP contribution in [-0.2, 0) is 19.6 Å². The zero-order chi connectivity index (χ0) is 25.0. The standard InChI is InChI=1S/C24H30N4O4S2/c1-6-13-28-23(30)21(15-22(29)25-18-10-7-16(2)8-11-18)33-24(28)26-20-14-19(12-9-17(20)3)34(31,32)27(4)5/h7-12,14,21H,6,13,15H2,1-5H3,(H,25,29). The molecule has 34 heavy (non-hydrogen) atoms. The van der Waals surface area contributed by atoms with E-state index in [1.807, 2.05) is 45.0 Å². The molecule has 1 atom stereocenters. The fraction of sp³-hybridized carbons (Fsp3) is 0.375. The Morgan fingerprint density at radius 1 is 1.15 bits per heavy atom. The van der Waals surface area contributed by atoms with Crippen molar-refractivity contribution in [2.75, 3.05) is 26.0 Å². The first-order chi connectivity index (χ1) is 16.0. The summed E-state index contributed by atoms with van der Waals surface area (Å²) in [7, 11) is -0.672. The first kappa shape index (κ1) is 25.9. The summed E-state index contributed by atoms with van der Waals surface area (Å²) in [4.78, 5) is 32.0. The predicted molar refractivity (Wildman–Crippen MR) is 137 cm³/mol. The van der Waals surface area contributed by atoms with E-state index in [1.165, 1.54) is 31.9 Å². The molecule has 2 amide bonds. The largest absolute Gasteiger partial charge is 0.326 e. The summed E-state index contributed by atoms with van der Waals surface area (Å²) in [5.41, 5.74) is 3.03. The van der Waals surface area contributed by atoms with Crippen molar-refractivity contribution >= 4 is 50.1 Å². The molecule has 0 aromatic heterocycles. The van der Waals surface area contributed by atoms with Gasteiger partial charge in [-0.25, -0.2) is 17.7 Å². The number of hydrogen-bond acceptors (Lipinski definition) is 6. The highest BCUT2D eigenvalue weighted by Crippen LogP contribution is 2.33. The smallest absolute Gasteiger partial charge is 0.242 e. The molecule has 2 aromatic rings. The van der Waals surface area contributed by atoms with Gasteiger partial charge in [0.05, 0.1) is 10.6 Å². The third-order valence-corrected chi connectivity index (χ3v) is 8.34. The molecule has 1 fully saturated rings. The predicted octanol–water partition coefficient (Wildman–Crippen LogP) is 3.92. The monoisotopic (exact) mass is 502 g/mol. The molecule has 1 heterocycles. The van der Waals surface area contributed by atoms with Gasteiger partial charge in [0.25, 0.3) is 0 Å². The molecule has 0 aliphatic carbocycles. The quantitative estimate of drug-likeness (QED) is 0.590. The van der Waals surface area contributed by atoms with Crippen LogP contribution >= 0.6 is 11.8 Å². The van der Waals surface area contributed by atoms with Gasteiger partial charge < -0.3 is 5.32 Å². The highest BCUT2D eigenvalue weighted by atomic mass is 32.2. The molecule has 0 spiro atoms. The number of nitrogens with one attached hydrogen (secondary N) is 1. The minimum atomic E-state index is -3.62. The van der Waals surface area contributed by atoms with Crippen molar-refractivity contribution in [3.8, 4) is 0 Å². The molecular weight excluding hydrogens is 472 g/mol. The van der Waals surface area contributed by atoms with E-state index in [0.29, 0.717) is 23.1 Å². The number of hydrogen-bond donors (Lipinski definition) is 1. The van der Waals surface area contributed by atoms with Crippen LogP contribution in [0.4, 0.5) is 11.4 Å². The van der Waals surface area contributed by atoms with Crippen molar-refractivity contribution < 1.29 is 18.0 Å². The minimum Gasteiger partial charge on any atom is -0.326 e. The van der Waals surface area contributed by atoms with Crippen LogP contribution in [0.3, 0.4) is 0 Å². The number of aliphatic imine (C=N–C) groups is 1. The Hall–Kier alpha value is -2.69. The van der Waals surface area contributed by atoms with Gasteiger partial charge in [0.2, 0.25) is 21.8 Å². The van der Waals surface area contributed by atoms with Crippen LogP contribution < -0.4 is 5.32 Å². The van der Waals surface area contributed by atoms with Crippen LogP contribution in [0.15, 0.2) is 52.4 Å². The molecule has 0 radical (unpaired) electrons. The lowest BCUT2D eigenvalue weighted by Gasteiger charge is -2.16. The Bertz CT molecular complexity index is 1210.